The first kappa shape index (κ1) is 27.8. The zero-order chi connectivity index (χ0) is 28.9. The summed E-state index contributed by atoms with van der Waals surface area (Å²) < 4.78 is 20.3. The van der Waals surface area contributed by atoms with Gasteiger partial charge >= 0.3 is 5.97 Å². The van der Waals surface area contributed by atoms with E-state index in [0.717, 1.165) is 53.9 Å². The molecule has 0 radical (unpaired) electrons. The van der Waals surface area contributed by atoms with Gasteiger partial charge in [-0.3, -0.25) is 4.68 Å². The minimum Gasteiger partial charge on any atom is -0.464 e. The number of fused-ring (bicyclic) bond motifs is 2. The Morgan fingerprint density at radius 2 is 1.88 bits per heavy atom. The van der Waals surface area contributed by atoms with Gasteiger partial charge in [0.2, 0.25) is 0 Å². The van der Waals surface area contributed by atoms with Gasteiger partial charge in [-0.1, -0.05) is 23.7 Å². The first-order valence-electron chi connectivity index (χ1n) is 13.7. The number of thiazole rings is 1. The molecule has 0 saturated carbocycles. The molecule has 1 unspecified atom stereocenters. The van der Waals surface area contributed by atoms with Crippen LogP contribution in [0.15, 0.2) is 54.7 Å². The molecule has 1 aliphatic heterocycles. The van der Waals surface area contributed by atoms with Gasteiger partial charge in [0, 0.05) is 27.1 Å². The van der Waals surface area contributed by atoms with E-state index in [2.05, 4.69) is 23.3 Å². The average Bonchev–Trinajstić information content (AvgIpc) is 3.50. The molecular formula is C32H32ClN3O4S. The van der Waals surface area contributed by atoms with Gasteiger partial charge in [0.15, 0.2) is 6.10 Å². The van der Waals surface area contributed by atoms with E-state index in [1.807, 2.05) is 68.9 Å². The quantitative estimate of drug-likeness (QED) is 0.179. The van der Waals surface area contributed by atoms with Gasteiger partial charge < -0.3 is 14.2 Å². The third-order valence-corrected chi connectivity index (χ3v) is 8.49. The van der Waals surface area contributed by atoms with Crippen LogP contribution < -0.4 is 0 Å². The Balaban J connectivity index is 1.54. The Kier molecular flexibility index (Phi) is 7.36. The molecule has 6 rings (SSSR count). The fraction of sp³-hybridized carbons (Fsp3) is 0.344. The molecule has 3 aromatic carbocycles. The van der Waals surface area contributed by atoms with Crippen molar-refractivity contribution in [3.05, 3.63) is 70.9 Å². The van der Waals surface area contributed by atoms with Crippen LogP contribution in [-0.4, -0.2) is 46.2 Å². The van der Waals surface area contributed by atoms with E-state index in [1.165, 1.54) is 0 Å². The molecule has 3 heterocycles. The molecular weight excluding hydrogens is 558 g/mol. The van der Waals surface area contributed by atoms with Crippen molar-refractivity contribution in [2.24, 2.45) is 0 Å². The number of benzene rings is 3. The number of aryl methyl sites for hydroxylation is 1. The third kappa shape index (κ3) is 5.37. The van der Waals surface area contributed by atoms with Crippen molar-refractivity contribution < 1.29 is 19.0 Å². The van der Waals surface area contributed by atoms with Crippen molar-refractivity contribution in [2.45, 2.75) is 52.4 Å². The Morgan fingerprint density at radius 1 is 1.15 bits per heavy atom. The second kappa shape index (κ2) is 10.8. The summed E-state index contributed by atoms with van der Waals surface area (Å²) in [5.74, 6) is -0.413. The highest BCUT2D eigenvalue weighted by atomic mass is 35.5. The first-order valence-corrected chi connectivity index (χ1v) is 14.9. The Morgan fingerprint density at radius 3 is 2.54 bits per heavy atom. The van der Waals surface area contributed by atoms with Crippen LogP contribution in [-0.2, 0) is 19.0 Å². The van der Waals surface area contributed by atoms with Crippen molar-refractivity contribution in [3.63, 3.8) is 0 Å². The van der Waals surface area contributed by atoms with Crippen LogP contribution in [0.1, 0.15) is 51.0 Å². The Hall–Kier alpha value is -3.30. The number of esters is 1. The standard InChI is InChI=1S/C32H32ClN3O4S/c1-6-39-31(37)28(40-32(3,4)5)26-18(2)13-24-29(27(26)19-7-10-22(33)11-8-19)41-30(35-24)20-9-12-25-21(14-20)15-34-36(25)23-16-38-17-23/h7-15,23,28H,6,16-17H2,1-5H3. The lowest BCUT2D eigenvalue weighted by atomic mass is 9.91. The number of ether oxygens (including phenoxy) is 3. The number of halogens is 1. The maximum atomic E-state index is 13.4. The van der Waals surface area contributed by atoms with Crippen molar-refractivity contribution >= 4 is 50.0 Å². The van der Waals surface area contributed by atoms with Crippen LogP contribution >= 0.6 is 22.9 Å². The van der Waals surface area contributed by atoms with Crippen LogP contribution in [0.25, 0.3) is 42.8 Å². The number of carbonyl (C=O) groups is 1. The highest BCUT2D eigenvalue weighted by Crippen LogP contribution is 2.45. The normalized spacial score (nSPS) is 14.9. The third-order valence-electron chi connectivity index (χ3n) is 7.10. The summed E-state index contributed by atoms with van der Waals surface area (Å²) in [7, 11) is 0. The number of rotatable bonds is 7. The summed E-state index contributed by atoms with van der Waals surface area (Å²) in [6.07, 6.45) is 0.993. The van der Waals surface area contributed by atoms with Crippen LogP contribution in [0.5, 0.6) is 0 Å². The number of carbonyl (C=O) groups excluding carboxylic acids is 1. The van der Waals surface area contributed by atoms with Gasteiger partial charge in [-0.2, -0.15) is 5.10 Å². The molecule has 0 spiro atoms. The summed E-state index contributed by atoms with van der Waals surface area (Å²) in [4.78, 5) is 18.4. The zero-order valence-electron chi connectivity index (χ0n) is 23.7. The van der Waals surface area contributed by atoms with Crippen LogP contribution in [0.4, 0.5) is 0 Å². The van der Waals surface area contributed by atoms with Crippen LogP contribution in [0, 0.1) is 6.92 Å². The van der Waals surface area contributed by atoms with Crippen molar-refractivity contribution in [1.82, 2.24) is 14.8 Å². The zero-order valence-corrected chi connectivity index (χ0v) is 25.3. The van der Waals surface area contributed by atoms with E-state index >= 15 is 0 Å². The minimum absolute atomic E-state index is 0.262. The summed E-state index contributed by atoms with van der Waals surface area (Å²) >= 11 is 7.87. The highest BCUT2D eigenvalue weighted by Gasteiger charge is 2.33. The average molecular weight is 590 g/mol. The lowest BCUT2D eigenvalue weighted by molar-refractivity contribution is -0.166. The lowest BCUT2D eigenvalue weighted by Crippen LogP contribution is -2.31. The Bertz CT molecular complexity index is 1750. The molecule has 1 fully saturated rings. The molecule has 7 nitrogen and oxygen atoms in total. The predicted molar refractivity (Wildman–Crippen MR) is 164 cm³/mol. The fourth-order valence-electron chi connectivity index (χ4n) is 5.21. The number of nitrogens with zero attached hydrogens (tertiary/aromatic N) is 3. The van der Waals surface area contributed by atoms with Crippen molar-refractivity contribution in [1.29, 1.82) is 0 Å². The number of hydrogen-bond acceptors (Lipinski definition) is 7. The molecule has 41 heavy (non-hydrogen) atoms. The number of aromatic nitrogens is 3. The van der Waals surface area contributed by atoms with Gasteiger partial charge in [-0.05, 0) is 82.1 Å². The summed E-state index contributed by atoms with van der Waals surface area (Å²) in [6, 6.07) is 16.3. The second-order valence-corrected chi connectivity index (χ2v) is 12.7. The summed E-state index contributed by atoms with van der Waals surface area (Å²) in [5, 5.41) is 7.20. The van der Waals surface area contributed by atoms with Crippen LogP contribution in [0.2, 0.25) is 5.02 Å². The maximum Gasteiger partial charge on any atom is 0.339 e. The maximum absolute atomic E-state index is 13.4. The molecule has 2 aromatic heterocycles. The summed E-state index contributed by atoms with van der Waals surface area (Å²) in [5.41, 5.74) is 5.89. The van der Waals surface area contributed by atoms with E-state index in [0.29, 0.717) is 18.2 Å². The van der Waals surface area contributed by atoms with E-state index in [9.17, 15) is 4.79 Å². The largest absolute Gasteiger partial charge is 0.464 e. The topological polar surface area (TPSA) is 75.5 Å². The second-order valence-electron chi connectivity index (χ2n) is 11.3. The first-order chi connectivity index (χ1) is 19.6. The highest BCUT2D eigenvalue weighted by molar-refractivity contribution is 7.22. The molecule has 0 amide bonds. The molecule has 1 aliphatic rings. The SMILES string of the molecule is CCOC(=O)C(OC(C)(C)C)c1c(C)cc2nc(-c3ccc4c(cnn4C4COC4)c3)sc2c1-c1ccc(Cl)cc1. The minimum atomic E-state index is -0.909. The smallest absolute Gasteiger partial charge is 0.339 e. The monoisotopic (exact) mass is 589 g/mol. The van der Waals surface area contributed by atoms with Gasteiger partial charge in [-0.15, -0.1) is 11.3 Å². The van der Waals surface area contributed by atoms with E-state index in [4.69, 9.17) is 30.8 Å². The van der Waals surface area contributed by atoms with E-state index in [-0.39, 0.29) is 12.6 Å². The van der Waals surface area contributed by atoms with Gasteiger partial charge in [0.05, 0.1) is 53.4 Å². The number of hydrogen-bond donors (Lipinski definition) is 0. The molecule has 0 bridgehead atoms. The van der Waals surface area contributed by atoms with Gasteiger partial charge in [0.25, 0.3) is 0 Å². The molecule has 212 valence electrons. The van der Waals surface area contributed by atoms with Crippen molar-refractivity contribution in [3.8, 4) is 21.7 Å². The predicted octanol–water partition coefficient (Wildman–Crippen LogP) is 7.93. The molecule has 1 atom stereocenters. The molecule has 9 heteroatoms. The van der Waals surface area contributed by atoms with Gasteiger partial charge in [-0.25, -0.2) is 9.78 Å². The van der Waals surface area contributed by atoms with Crippen molar-refractivity contribution in [2.75, 3.05) is 19.8 Å². The fourth-order valence-corrected chi connectivity index (χ4v) is 6.46. The van der Waals surface area contributed by atoms with Crippen LogP contribution in [0.3, 0.4) is 0 Å². The molecule has 0 N–H and O–H groups in total. The van der Waals surface area contributed by atoms with Gasteiger partial charge in [0.1, 0.15) is 5.01 Å². The molecule has 0 aliphatic carbocycles. The lowest BCUT2D eigenvalue weighted by Gasteiger charge is -2.29. The molecule has 1 saturated heterocycles. The Labute approximate surface area is 248 Å². The summed E-state index contributed by atoms with van der Waals surface area (Å²) in [6.45, 7) is 11.3. The molecule has 5 aromatic rings. The van der Waals surface area contributed by atoms with E-state index < -0.39 is 17.7 Å². The van der Waals surface area contributed by atoms with E-state index in [1.54, 1.807) is 18.3 Å².